The van der Waals surface area contributed by atoms with E-state index in [4.69, 9.17) is 5.26 Å². The van der Waals surface area contributed by atoms with Crippen LogP contribution in [0, 0.1) is 16.7 Å². The Balaban J connectivity index is 2.58. The van der Waals surface area contributed by atoms with Gasteiger partial charge in [-0.3, -0.25) is 0 Å². The summed E-state index contributed by atoms with van der Waals surface area (Å²) in [4.78, 5) is 0. The molecule has 0 spiro atoms. The van der Waals surface area contributed by atoms with Crippen LogP contribution in [0.2, 0.25) is 0 Å². The third-order valence-electron chi connectivity index (χ3n) is 2.22. The normalized spacial score (nSPS) is 22.1. The fourth-order valence-electron chi connectivity index (χ4n) is 1.40. The van der Waals surface area contributed by atoms with E-state index in [2.05, 4.69) is 12.6 Å². The highest BCUT2D eigenvalue weighted by atomic mass is 32.2. The molecule has 1 rings (SSSR count). The molecule has 0 aromatic rings. The molecule has 0 atom stereocenters. The average Bonchev–Trinajstić information content (AvgIpc) is 2.07. The summed E-state index contributed by atoms with van der Waals surface area (Å²) in [6.07, 6.45) is 4.82. The Morgan fingerprint density at radius 1 is 1.55 bits per heavy atom. The van der Waals surface area contributed by atoms with E-state index in [0.717, 1.165) is 30.8 Å². The highest BCUT2D eigenvalue weighted by Crippen LogP contribution is 2.37. The summed E-state index contributed by atoms with van der Waals surface area (Å²) in [5, 5.41) is 8.97. The average molecular weight is 167 g/mol. The zero-order chi connectivity index (χ0) is 8.16. The van der Waals surface area contributed by atoms with Gasteiger partial charge in [0, 0.05) is 0 Å². The van der Waals surface area contributed by atoms with Gasteiger partial charge in [0.25, 0.3) is 0 Å². The number of hydrogen-bond donors (Lipinski definition) is 0. The van der Waals surface area contributed by atoms with Crippen LogP contribution in [0.1, 0.15) is 19.3 Å². The summed E-state index contributed by atoms with van der Waals surface area (Å²) in [6, 6.07) is 2.43. The van der Waals surface area contributed by atoms with E-state index in [0.29, 0.717) is 0 Å². The first kappa shape index (κ1) is 8.67. The molecule has 0 unspecified atom stereocenters. The van der Waals surface area contributed by atoms with E-state index in [9.17, 15) is 0 Å². The monoisotopic (exact) mass is 167 g/mol. The van der Waals surface area contributed by atoms with Crippen LogP contribution in [-0.2, 0) is 0 Å². The van der Waals surface area contributed by atoms with Crippen molar-refractivity contribution in [1.82, 2.24) is 0 Å². The second kappa shape index (κ2) is 3.82. The standard InChI is InChI=1S/C9H13NS/c1-2-3-9(8-10)4-6-11-7-5-9/h2H,1,3-7H2. The van der Waals surface area contributed by atoms with Gasteiger partial charge in [0.15, 0.2) is 0 Å². The second-order valence-electron chi connectivity index (χ2n) is 3.00. The molecule has 1 aliphatic heterocycles. The van der Waals surface area contributed by atoms with Crippen LogP contribution < -0.4 is 0 Å². The molecule has 1 fully saturated rings. The van der Waals surface area contributed by atoms with Crippen molar-refractivity contribution in [2.45, 2.75) is 19.3 Å². The molecule has 0 aliphatic carbocycles. The summed E-state index contributed by atoms with van der Waals surface area (Å²) in [6.45, 7) is 3.69. The van der Waals surface area contributed by atoms with E-state index in [1.54, 1.807) is 0 Å². The molecule has 0 amide bonds. The van der Waals surface area contributed by atoms with Gasteiger partial charge in [-0.1, -0.05) is 6.08 Å². The van der Waals surface area contributed by atoms with Crippen LogP contribution in [0.15, 0.2) is 12.7 Å². The van der Waals surface area contributed by atoms with Crippen molar-refractivity contribution in [3.63, 3.8) is 0 Å². The first-order valence-corrected chi connectivity index (χ1v) is 5.08. The minimum atomic E-state index is -0.0625. The highest BCUT2D eigenvalue weighted by Gasteiger charge is 2.30. The Bertz CT molecular complexity index is 174. The van der Waals surface area contributed by atoms with Crippen molar-refractivity contribution >= 4 is 11.8 Å². The third-order valence-corrected chi connectivity index (χ3v) is 3.21. The quantitative estimate of drug-likeness (QED) is 0.590. The van der Waals surface area contributed by atoms with Crippen LogP contribution in [0.3, 0.4) is 0 Å². The lowest BCUT2D eigenvalue weighted by molar-refractivity contribution is 0.369. The van der Waals surface area contributed by atoms with E-state index >= 15 is 0 Å². The molecular weight excluding hydrogens is 154 g/mol. The number of hydrogen-bond acceptors (Lipinski definition) is 2. The van der Waals surface area contributed by atoms with Crippen LogP contribution in [0.5, 0.6) is 0 Å². The van der Waals surface area contributed by atoms with Crippen LogP contribution in [-0.4, -0.2) is 11.5 Å². The van der Waals surface area contributed by atoms with Crippen molar-refractivity contribution in [1.29, 1.82) is 5.26 Å². The van der Waals surface area contributed by atoms with Crippen LogP contribution >= 0.6 is 11.8 Å². The number of thioether (sulfide) groups is 1. The molecule has 11 heavy (non-hydrogen) atoms. The molecule has 0 bridgehead atoms. The summed E-state index contributed by atoms with van der Waals surface area (Å²) in [5.74, 6) is 2.28. The smallest absolute Gasteiger partial charge is 0.0693 e. The van der Waals surface area contributed by atoms with Crippen molar-refractivity contribution in [3.8, 4) is 6.07 Å². The van der Waals surface area contributed by atoms with Gasteiger partial charge in [-0.2, -0.15) is 17.0 Å². The third kappa shape index (κ3) is 2.00. The lowest BCUT2D eigenvalue weighted by atomic mass is 9.80. The Hall–Kier alpha value is -0.420. The molecule has 0 saturated carbocycles. The van der Waals surface area contributed by atoms with Gasteiger partial charge >= 0.3 is 0 Å². The molecule has 1 saturated heterocycles. The van der Waals surface area contributed by atoms with Gasteiger partial charge in [-0.25, -0.2) is 0 Å². The Kier molecular flexibility index (Phi) is 3.02. The maximum atomic E-state index is 8.97. The second-order valence-corrected chi connectivity index (χ2v) is 4.22. The molecule has 1 aliphatic rings. The van der Waals surface area contributed by atoms with E-state index in [-0.39, 0.29) is 5.41 Å². The number of allylic oxidation sites excluding steroid dienone is 1. The predicted molar refractivity (Wildman–Crippen MR) is 49.4 cm³/mol. The largest absolute Gasteiger partial charge is 0.198 e. The molecule has 0 aromatic carbocycles. The Morgan fingerprint density at radius 3 is 2.64 bits per heavy atom. The Labute approximate surface area is 72.5 Å². The fourth-order valence-corrected chi connectivity index (χ4v) is 2.67. The predicted octanol–water partition coefficient (Wildman–Crippen LogP) is 2.60. The molecular formula is C9H13NS. The lowest BCUT2D eigenvalue weighted by Gasteiger charge is -2.28. The molecule has 2 heteroatoms. The zero-order valence-corrected chi connectivity index (χ0v) is 7.49. The van der Waals surface area contributed by atoms with Gasteiger partial charge in [-0.05, 0) is 30.8 Å². The summed E-state index contributed by atoms with van der Waals surface area (Å²) in [5.41, 5.74) is -0.0625. The molecule has 1 nitrogen and oxygen atoms in total. The maximum absolute atomic E-state index is 8.97. The minimum absolute atomic E-state index is 0.0625. The summed E-state index contributed by atoms with van der Waals surface area (Å²) in [7, 11) is 0. The summed E-state index contributed by atoms with van der Waals surface area (Å²) >= 11 is 1.95. The van der Waals surface area contributed by atoms with E-state index in [1.807, 2.05) is 17.8 Å². The van der Waals surface area contributed by atoms with E-state index in [1.165, 1.54) is 0 Å². The van der Waals surface area contributed by atoms with Crippen LogP contribution in [0.25, 0.3) is 0 Å². The highest BCUT2D eigenvalue weighted by molar-refractivity contribution is 7.99. The van der Waals surface area contributed by atoms with Gasteiger partial charge in [0.05, 0.1) is 11.5 Å². The zero-order valence-electron chi connectivity index (χ0n) is 6.68. The molecule has 1 heterocycles. The van der Waals surface area contributed by atoms with Crippen LogP contribution in [0.4, 0.5) is 0 Å². The van der Waals surface area contributed by atoms with Crippen molar-refractivity contribution in [3.05, 3.63) is 12.7 Å². The van der Waals surface area contributed by atoms with Gasteiger partial charge < -0.3 is 0 Å². The first-order valence-electron chi connectivity index (χ1n) is 3.93. The molecule has 0 N–H and O–H groups in total. The van der Waals surface area contributed by atoms with E-state index < -0.39 is 0 Å². The SMILES string of the molecule is C=CCC1(C#N)CCSCC1. The number of nitrogens with zero attached hydrogens (tertiary/aromatic N) is 1. The topological polar surface area (TPSA) is 23.8 Å². The van der Waals surface area contributed by atoms with Crippen molar-refractivity contribution in [2.75, 3.05) is 11.5 Å². The van der Waals surface area contributed by atoms with Gasteiger partial charge in [0.1, 0.15) is 0 Å². The Morgan fingerprint density at radius 2 is 2.18 bits per heavy atom. The maximum Gasteiger partial charge on any atom is 0.0693 e. The summed E-state index contributed by atoms with van der Waals surface area (Å²) < 4.78 is 0. The number of rotatable bonds is 2. The van der Waals surface area contributed by atoms with Gasteiger partial charge in [0.2, 0.25) is 0 Å². The number of nitriles is 1. The lowest BCUT2D eigenvalue weighted by Crippen LogP contribution is -2.23. The fraction of sp³-hybridized carbons (Fsp3) is 0.667. The minimum Gasteiger partial charge on any atom is -0.198 e. The molecule has 60 valence electrons. The van der Waals surface area contributed by atoms with Crippen molar-refractivity contribution in [2.24, 2.45) is 5.41 Å². The van der Waals surface area contributed by atoms with Gasteiger partial charge in [-0.15, -0.1) is 6.58 Å². The van der Waals surface area contributed by atoms with Crippen molar-refractivity contribution < 1.29 is 0 Å². The first-order chi connectivity index (χ1) is 5.33. The molecule has 0 aromatic heterocycles. The molecule has 0 radical (unpaired) electrons.